The molecule has 5 nitrogen and oxygen atoms in total. The van der Waals surface area contributed by atoms with Crippen LogP contribution in [0.1, 0.15) is 43.7 Å². The third-order valence-electron chi connectivity index (χ3n) is 5.29. The van der Waals surface area contributed by atoms with Crippen molar-refractivity contribution >= 4 is 5.91 Å². The Morgan fingerprint density at radius 2 is 1.96 bits per heavy atom. The maximum Gasteiger partial charge on any atom is 0.226 e. The molecule has 24 heavy (non-hydrogen) atoms. The molecule has 0 spiro atoms. The molecule has 1 amide bonds. The van der Waals surface area contributed by atoms with Crippen LogP contribution >= 0.6 is 0 Å². The van der Waals surface area contributed by atoms with Crippen LogP contribution in [0.25, 0.3) is 0 Å². The summed E-state index contributed by atoms with van der Waals surface area (Å²) in [7, 11) is 1.65. The molecule has 1 aromatic rings. The van der Waals surface area contributed by atoms with Crippen molar-refractivity contribution in [3.8, 4) is 5.75 Å². The highest BCUT2D eigenvalue weighted by molar-refractivity contribution is 5.80. The number of nitrogens with one attached hydrogen (secondary N) is 1. The minimum atomic E-state index is -0.492. The van der Waals surface area contributed by atoms with Gasteiger partial charge in [-0.3, -0.25) is 4.79 Å². The SMILES string of the molecule is COc1ccc(C(CN2CCCC2)NC(=O)C2CCCC2O)cc1. The number of nitrogens with zero attached hydrogens (tertiary/aromatic N) is 1. The van der Waals surface area contributed by atoms with Gasteiger partial charge in [0.25, 0.3) is 0 Å². The minimum Gasteiger partial charge on any atom is -0.497 e. The van der Waals surface area contributed by atoms with E-state index in [-0.39, 0.29) is 17.9 Å². The molecule has 0 aromatic heterocycles. The molecule has 1 heterocycles. The molecule has 1 saturated heterocycles. The second kappa shape index (κ2) is 7.99. The third kappa shape index (κ3) is 4.08. The molecule has 3 rings (SSSR count). The monoisotopic (exact) mass is 332 g/mol. The van der Waals surface area contributed by atoms with Gasteiger partial charge in [-0.2, -0.15) is 0 Å². The van der Waals surface area contributed by atoms with Crippen molar-refractivity contribution in [2.24, 2.45) is 5.92 Å². The Morgan fingerprint density at radius 1 is 1.25 bits per heavy atom. The van der Waals surface area contributed by atoms with E-state index < -0.39 is 6.10 Å². The highest BCUT2D eigenvalue weighted by Gasteiger charge is 2.33. The molecule has 3 atom stereocenters. The molecule has 132 valence electrons. The zero-order valence-electron chi connectivity index (χ0n) is 14.4. The Labute approximate surface area is 144 Å². The maximum atomic E-state index is 12.6. The summed E-state index contributed by atoms with van der Waals surface area (Å²) in [6.07, 6.45) is 4.41. The standard InChI is InChI=1S/C19H28N2O3/c1-24-15-9-7-14(8-10-15)17(13-21-11-2-3-12-21)20-19(23)16-5-4-6-18(16)22/h7-10,16-18,22H,2-6,11-13H2,1H3,(H,20,23). The van der Waals surface area contributed by atoms with Gasteiger partial charge in [-0.05, 0) is 62.9 Å². The summed E-state index contributed by atoms with van der Waals surface area (Å²) in [5.74, 6) is 0.542. The van der Waals surface area contributed by atoms with Crippen LogP contribution in [0, 0.1) is 5.92 Å². The first kappa shape index (κ1) is 17.2. The number of carbonyl (C=O) groups excluding carboxylic acids is 1. The minimum absolute atomic E-state index is 0.0139. The van der Waals surface area contributed by atoms with Gasteiger partial charge in [0, 0.05) is 6.54 Å². The summed E-state index contributed by atoms with van der Waals surface area (Å²) in [6, 6.07) is 7.86. The van der Waals surface area contributed by atoms with E-state index in [9.17, 15) is 9.90 Å². The normalized spacial score (nSPS) is 25.6. The van der Waals surface area contributed by atoms with Crippen molar-refractivity contribution in [2.45, 2.75) is 44.2 Å². The summed E-state index contributed by atoms with van der Waals surface area (Å²) in [5, 5.41) is 13.2. The van der Waals surface area contributed by atoms with Gasteiger partial charge in [0.2, 0.25) is 5.91 Å². The summed E-state index contributed by atoms with van der Waals surface area (Å²) in [5.41, 5.74) is 1.09. The zero-order valence-corrected chi connectivity index (χ0v) is 14.4. The second-order valence-corrected chi connectivity index (χ2v) is 6.95. The Kier molecular flexibility index (Phi) is 5.74. The highest BCUT2D eigenvalue weighted by Crippen LogP contribution is 2.27. The lowest BCUT2D eigenvalue weighted by Crippen LogP contribution is -2.41. The molecule has 1 aromatic carbocycles. The number of benzene rings is 1. The van der Waals surface area contributed by atoms with E-state index in [4.69, 9.17) is 4.74 Å². The van der Waals surface area contributed by atoms with Gasteiger partial charge >= 0.3 is 0 Å². The predicted octanol–water partition coefficient (Wildman–Crippen LogP) is 2.11. The molecule has 5 heteroatoms. The number of amides is 1. The number of methoxy groups -OCH3 is 1. The van der Waals surface area contributed by atoms with Crippen LogP contribution in [0.2, 0.25) is 0 Å². The summed E-state index contributed by atoms with van der Waals surface area (Å²) >= 11 is 0. The quantitative estimate of drug-likeness (QED) is 0.837. The van der Waals surface area contributed by atoms with Crippen LogP contribution in [0.15, 0.2) is 24.3 Å². The first-order valence-electron chi connectivity index (χ1n) is 9.02. The van der Waals surface area contributed by atoms with Crippen LogP contribution < -0.4 is 10.1 Å². The highest BCUT2D eigenvalue weighted by atomic mass is 16.5. The Morgan fingerprint density at radius 3 is 2.54 bits per heavy atom. The molecule has 0 bridgehead atoms. The van der Waals surface area contributed by atoms with Crippen molar-refractivity contribution in [1.82, 2.24) is 10.2 Å². The zero-order chi connectivity index (χ0) is 16.9. The first-order valence-corrected chi connectivity index (χ1v) is 9.02. The third-order valence-corrected chi connectivity index (χ3v) is 5.29. The van der Waals surface area contributed by atoms with Gasteiger partial charge in [-0.15, -0.1) is 0 Å². The molecule has 1 aliphatic heterocycles. The average Bonchev–Trinajstić information content (AvgIpc) is 3.26. The van der Waals surface area contributed by atoms with Gasteiger partial charge in [0.1, 0.15) is 5.75 Å². The van der Waals surface area contributed by atoms with E-state index in [1.165, 1.54) is 12.8 Å². The van der Waals surface area contributed by atoms with Crippen molar-refractivity contribution in [3.05, 3.63) is 29.8 Å². The summed E-state index contributed by atoms with van der Waals surface area (Å²) in [6.45, 7) is 3.00. The molecule has 3 unspecified atom stereocenters. The fourth-order valence-electron chi connectivity index (χ4n) is 3.82. The van der Waals surface area contributed by atoms with Crippen molar-refractivity contribution in [1.29, 1.82) is 0 Å². The van der Waals surface area contributed by atoms with E-state index in [1.54, 1.807) is 7.11 Å². The number of rotatable bonds is 6. The number of hydrogen-bond acceptors (Lipinski definition) is 4. The van der Waals surface area contributed by atoms with Gasteiger partial charge < -0.3 is 20.1 Å². The van der Waals surface area contributed by atoms with Gasteiger partial charge in [-0.25, -0.2) is 0 Å². The smallest absolute Gasteiger partial charge is 0.226 e. The van der Waals surface area contributed by atoms with Crippen molar-refractivity contribution in [3.63, 3.8) is 0 Å². The number of likely N-dealkylation sites (tertiary alicyclic amines) is 1. The number of ether oxygens (including phenoxy) is 1. The van der Waals surface area contributed by atoms with Gasteiger partial charge in [0.15, 0.2) is 0 Å². The second-order valence-electron chi connectivity index (χ2n) is 6.95. The molecule has 2 fully saturated rings. The van der Waals surface area contributed by atoms with Crippen LogP contribution in [0.5, 0.6) is 5.75 Å². The van der Waals surface area contributed by atoms with Crippen molar-refractivity contribution < 1.29 is 14.6 Å². The lowest BCUT2D eigenvalue weighted by Gasteiger charge is -2.27. The van der Waals surface area contributed by atoms with Gasteiger partial charge in [-0.1, -0.05) is 12.1 Å². The molecule has 1 aliphatic carbocycles. The van der Waals surface area contributed by atoms with Crippen LogP contribution in [0.4, 0.5) is 0 Å². The lowest BCUT2D eigenvalue weighted by atomic mass is 10.0. The maximum absolute atomic E-state index is 12.6. The Bertz CT molecular complexity index is 540. The molecule has 2 aliphatic rings. The number of carbonyl (C=O) groups is 1. The topological polar surface area (TPSA) is 61.8 Å². The van der Waals surface area contributed by atoms with Crippen LogP contribution in [-0.2, 0) is 4.79 Å². The first-order chi connectivity index (χ1) is 11.7. The molecule has 0 radical (unpaired) electrons. The molecule has 1 saturated carbocycles. The summed E-state index contributed by atoms with van der Waals surface area (Å²) in [4.78, 5) is 15.0. The van der Waals surface area contributed by atoms with E-state index in [0.717, 1.165) is 50.2 Å². The van der Waals surface area contributed by atoms with Crippen LogP contribution in [0.3, 0.4) is 0 Å². The van der Waals surface area contributed by atoms with E-state index in [2.05, 4.69) is 10.2 Å². The number of aliphatic hydroxyl groups is 1. The molecule has 2 N–H and O–H groups in total. The lowest BCUT2D eigenvalue weighted by molar-refractivity contribution is -0.128. The average molecular weight is 332 g/mol. The van der Waals surface area contributed by atoms with Crippen LogP contribution in [-0.4, -0.2) is 48.8 Å². The largest absolute Gasteiger partial charge is 0.497 e. The van der Waals surface area contributed by atoms with E-state index >= 15 is 0 Å². The fraction of sp³-hybridized carbons (Fsp3) is 0.632. The molecular weight excluding hydrogens is 304 g/mol. The van der Waals surface area contributed by atoms with Gasteiger partial charge in [0.05, 0.1) is 25.2 Å². The predicted molar refractivity (Wildman–Crippen MR) is 92.9 cm³/mol. The number of hydrogen-bond donors (Lipinski definition) is 2. The Balaban J connectivity index is 1.71. The fourth-order valence-corrected chi connectivity index (χ4v) is 3.82. The van der Waals surface area contributed by atoms with E-state index in [0.29, 0.717) is 0 Å². The summed E-state index contributed by atoms with van der Waals surface area (Å²) < 4.78 is 5.23. The molecular formula is C19H28N2O3. The number of aliphatic hydroxyl groups excluding tert-OH is 1. The Hall–Kier alpha value is -1.59. The van der Waals surface area contributed by atoms with E-state index in [1.807, 2.05) is 24.3 Å². The van der Waals surface area contributed by atoms with Crippen molar-refractivity contribution in [2.75, 3.05) is 26.7 Å².